The van der Waals surface area contributed by atoms with Crippen molar-refractivity contribution >= 4 is 28.6 Å². The smallest absolute Gasteiger partial charge is 0.258 e. The first-order valence-corrected chi connectivity index (χ1v) is 10.4. The molecule has 3 aliphatic heterocycles. The SMILES string of the molecule is N[C@H]1[C@H]2CN(CCO/N=C3/C(=C4/C(=O)Nc5ccccc54)Nc4ccccc43)C[C@@H]12. The van der Waals surface area contributed by atoms with E-state index in [4.69, 9.17) is 10.6 Å². The number of likely N-dealkylation sites (tertiary alicyclic amines) is 1. The van der Waals surface area contributed by atoms with Gasteiger partial charge in [0.1, 0.15) is 12.3 Å². The van der Waals surface area contributed by atoms with Gasteiger partial charge in [0.25, 0.3) is 5.91 Å². The Balaban J connectivity index is 1.27. The van der Waals surface area contributed by atoms with Gasteiger partial charge in [0.05, 0.1) is 11.3 Å². The molecule has 152 valence electrons. The minimum absolute atomic E-state index is 0.133. The van der Waals surface area contributed by atoms with E-state index in [1.165, 1.54) is 0 Å². The van der Waals surface area contributed by atoms with Crippen LogP contribution in [0.1, 0.15) is 11.1 Å². The Morgan fingerprint density at radius 1 is 1.00 bits per heavy atom. The fraction of sp³-hybridized carbons (Fsp3) is 0.304. The minimum Gasteiger partial charge on any atom is -0.394 e. The zero-order chi connectivity index (χ0) is 20.2. The lowest BCUT2D eigenvalue weighted by atomic mass is 10.0. The summed E-state index contributed by atoms with van der Waals surface area (Å²) < 4.78 is 0. The Bertz CT molecular complexity index is 1100. The molecule has 7 nitrogen and oxygen atoms in total. The molecule has 1 saturated carbocycles. The number of carbonyl (C=O) groups is 1. The fourth-order valence-corrected chi connectivity index (χ4v) is 4.89. The minimum atomic E-state index is -0.133. The number of nitrogens with two attached hydrogens (primary N) is 1. The zero-order valence-corrected chi connectivity index (χ0v) is 16.5. The van der Waals surface area contributed by atoms with Crippen molar-refractivity contribution in [2.24, 2.45) is 22.7 Å². The molecule has 6 rings (SSSR count). The lowest BCUT2D eigenvalue weighted by Crippen LogP contribution is -2.30. The third kappa shape index (κ3) is 2.74. The number of para-hydroxylation sites is 2. The molecule has 4 N–H and O–H groups in total. The molecule has 4 aliphatic rings. The Labute approximate surface area is 174 Å². The second-order valence-electron chi connectivity index (χ2n) is 8.36. The molecular formula is C23H23N5O2. The summed E-state index contributed by atoms with van der Waals surface area (Å²) in [4.78, 5) is 20.9. The molecule has 1 aliphatic carbocycles. The number of hydrogen-bond donors (Lipinski definition) is 3. The average molecular weight is 401 g/mol. The number of piperidine rings is 1. The molecule has 2 aromatic rings. The van der Waals surface area contributed by atoms with E-state index in [0.29, 0.717) is 41.5 Å². The molecule has 7 heteroatoms. The molecular weight excluding hydrogens is 378 g/mol. The molecule has 2 aromatic carbocycles. The van der Waals surface area contributed by atoms with Gasteiger partial charge in [-0.25, -0.2) is 0 Å². The predicted molar refractivity (Wildman–Crippen MR) is 116 cm³/mol. The van der Waals surface area contributed by atoms with Crippen molar-refractivity contribution in [1.29, 1.82) is 0 Å². The largest absolute Gasteiger partial charge is 0.394 e. The normalized spacial score (nSPS) is 30.0. The molecule has 1 saturated heterocycles. The summed E-state index contributed by atoms with van der Waals surface area (Å²) in [6.45, 7) is 3.46. The van der Waals surface area contributed by atoms with E-state index in [-0.39, 0.29) is 5.91 Å². The maximum absolute atomic E-state index is 12.8. The Morgan fingerprint density at radius 3 is 2.43 bits per heavy atom. The van der Waals surface area contributed by atoms with Crippen LogP contribution < -0.4 is 16.4 Å². The summed E-state index contributed by atoms with van der Waals surface area (Å²) in [5.74, 6) is 1.20. The van der Waals surface area contributed by atoms with Crippen LogP contribution in [0.15, 0.2) is 59.4 Å². The van der Waals surface area contributed by atoms with E-state index in [0.717, 1.165) is 42.1 Å². The molecule has 3 atom stereocenters. The monoisotopic (exact) mass is 401 g/mol. The van der Waals surface area contributed by atoms with Gasteiger partial charge in [0, 0.05) is 48.2 Å². The third-order valence-corrected chi connectivity index (χ3v) is 6.59. The molecule has 0 unspecified atom stereocenters. The first-order valence-electron chi connectivity index (χ1n) is 10.4. The summed E-state index contributed by atoms with van der Waals surface area (Å²) in [7, 11) is 0. The van der Waals surface area contributed by atoms with E-state index < -0.39 is 0 Å². The summed E-state index contributed by atoms with van der Waals surface area (Å²) in [5, 5.41) is 10.8. The Morgan fingerprint density at radius 2 is 1.67 bits per heavy atom. The van der Waals surface area contributed by atoms with E-state index in [2.05, 4.69) is 20.7 Å². The van der Waals surface area contributed by atoms with Gasteiger partial charge in [-0.15, -0.1) is 0 Å². The number of fused-ring (bicyclic) bond motifs is 3. The van der Waals surface area contributed by atoms with Crippen LogP contribution in [0.2, 0.25) is 0 Å². The molecule has 30 heavy (non-hydrogen) atoms. The zero-order valence-electron chi connectivity index (χ0n) is 16.5. The molecule has 0 aromatic heterocycles. The number of anilines is 2. The standard InChI is InChI=1S/C23H23N5O2/c24-20-15-11-28(12-16(15)20)9-10-30-27-21-14-6-2-4-8-18(14)25-22(21)19-13-5-1-3-7-17(13)26-23(19)29/h1-8,15-16,20,25H,9-12,24H2,(H,26,29)/b22-19-,27-21+/t15-,16+,20-. The lowest BCUT2D eigenvalue weighted by molar-refractivity contribution is -0.110. The summed E-state index contributed by atoms with van der Waals surface area (Å²) >= 11 is 0. The van der Waals surface area contributed by atoms with Gasteiger partial charge in [-0.1, -0.05) is 41.6 Å². The van der Waals surface area contributed by atoms with E-state index >= 15 is 0 Å². The van der Waals surface area contributed by atoms with E-state index in [1.54, 1.807) is 0 Å². The van der Waals surface area contributed by atoms with Crippen LogP contribution in [0.5, 0.6) is 0 Å². The quantitative estimate of drug-likeness (QED) is 0.415. The maximum Gasteiger partial charge on any atom is 0.258 e. The van der Waals surface area contributed by atoms with Crippen molar-refractivity contribution in [1.82, 2.24) is 4.90 Å². The number of hydrogen-bond acceptors (Lipinski definition) is 6. The van der Waals surface area contributed by atoms with E-state index in [9.17, 15) is 4.79 Å². The maximum atomic E-state index is 12.8. The van der Waals surface area contributed by atoms with Crippen LogP contribution in [0.3, 0.4) is 0 Å². The number of nitrogens with zero attached hydrogens (tertiary/aromatic N) is 2. The highest BCUT2D eigenvalue weighted by molar-refractivity contribution is 6.39. The van der Waals surface area contributed by atoms with Gasteiger partial charge < -0.3 is 21.2 Å². The van der Waals surface area contributed by atoms with Crippen LogP contribution in [-0.4, -0.2) is 48.8 Å². The molecule has 0 radical (unpaired) electrons. The predicted octanol–water partition coefficient (Wildman–Crippen LogP) is 2.09. The second-order valence-corrected chi connectivity index (χ2v) is 8.36. The van der Waals surface area contributed by atoms with Gasteiger partial charge in [-0.2, -0.15) is 0 Å². The molecule has 0 spiro atoms. The molecule has 0 bridgehead atoms. The summed E-state index contributed by atoms with van der Waals surface area (Å²) in [5.41, 5.74) is 11.5. The van der Waals surface area contributed by atoms with Gasteiger partial charge >= 0.3 is 0 Å². The first-order chi connectivity index (χ1) is 14.7. The lowest BCUT2D eigenvalue weighted by Gasteiger charge is -2.17. The highest BCUT2D eigenvalue weighted by atomic mass is 16.6. The molecule has 2 fully saturated rings. The Hall–Kier alpha value is -3.16. The summed E-state index contributed by atoms with van der Waals surface area (Å²) in [6, 6.07) is 16.0. The number of oxime groups is 1. The molecule has 3 heterocycles. The second kappa shape index (κ2) is 6.68. The van der Waals surface area contributed by atoms with Crippen LogP contribution in [-0.2, 0) is 9.63 Å². The van der Waals surface area contributed by atoms with Gasteiger partial charge in [-0.3, -0.25) is 9.69 Å². The highest BCUT2D eigenvalue weighted by Gasteiger charge is 2.53. The number of allylic oxidation sites excluding steroid dienone is 1. The average Bonchev–Trinajstić information content (AvgIpc) is 3.16. The summed E-state index contributed by atoms with van der Waals surface area (Å²) in [6.07, 6.45) is 0. The van der Waals surface area contributed by atoms with Gasteiger partial charge in [0.2, 0.25) is 0 Å². The van der Waals surface area contributed by atoms with Crippen LogP contribution in [0.4, 0.5) is 11.4 Å². The number of rotatable bonds is 4. The molecule has 1 amide bonds. The van der Waals surface area contributed by atoms with Gasteiger partial charge in [-0.05, 0) is 24.0 Å². The van der Waals surface area contributed by atoms with Crippen LogP contribution >= 0.6 is 0 Å². The first kappa shape index (κ1) is 17.7. The van der Waals surface area contributed by atoms with Crippen molar-refractivity contribution in [2.75, 3.05) is 36.9 Å². The van der Waals surface area contributed by atoms with Crippen LogP contribution in [0, 0.1) is 11.8 Å². The van der Waals surface area contributed by atoms with Crippen molar-refractivity contribution < 1.29 is 9.63 Å². The number of nitrogens with one attached hydrogen (secondary N) is 2. The number of amides is 1. The highest BCUT2D eigenvalue weighted by Crippen LogP contribution is 2.43. The van der Waals surface area contributed by atoms with E-state index in [1.807, 2.05) is 48.5 Å². The van der Waals surface area contributed by atoms with Crippen molar-refractivity contribution in [2.45, 2.75) is 6.04 Å². The van der Waals surface area contributed by atoms with Gasteiger partial charge in [0.15, 0.2) is 0 Å². The van der Waals surface area contributed by atoms with Crippen molar-refractivity contribution in [3.05, 3.63) is 65.4 Å². The Kier molecular flexibility index (Phi) is 3.94. The number of benzene rings is 2. The third-order valence-electron chi connectivity index (χ3n) is 6.59. The topological polar surface area (TPSA) is 92.0 Å². The fourth-order valence-electron chi connectivity index (χ4n) is 4.89. The van der Waals surface area contributed by atoms with Crippen LogP contribution in [0.25, 0.3) is 5.57 Å². The number of carbonyl (C=O) groups excluding carboxylic acids is 1. The van der Waals surface area contributed by atoms with Crippen molar-refractivity contribution in [3.8, 4) is 0 Å². The van der Waals surface area contributed by atoms with Crippen molar-refractivity contribution in [3.63, 3.8) is 0 Å².